The summed E-state index contributed by atoms with van der Waals surface area (Å²) in [6.45, 7) is 0.782. The molecule has 0 amide bonds. The van der Waals surface area contributed by atoms with Crippen LogP contribution in [0.25, 0.3) is 0 Å². The third-order valence-corrected chi connectivity index (χ3v) is 3.10. The van der Waals surface area contributed by atoms with E-state index in [0.717, 1.165) is 25.8 Å². The molecule has 1 N–H and O–H groups in total. The largest absolute Gasteiger partial charge is 0.461 e. The minimum absolute atomic E-state index is 0. The molecule has 0 bridgehead atoms. The highest BCUT2D eigenvalue weighted by molar-refractivity contribution is 5.85. The highest BCUT2D eigenvalue weighted by atomic mass is 35.5. The SMILES string of the molecule is Cl.FC(F)C(F)(F)Oc1ccccc1[C@H]1CCCCN1. The van der Waals surface area contributed by atoms with Gasteiger partial charge in [0.25, 0.3) is 0 Å². The van der Waals surface area contributed by atoms with Crippen molar-refractivity contribution in [2.45, 2.75) is 37.8 Å². The number of rotatable bonds is 4. The van der Waals surface area contributed by atoms with Gasteiger partial charge in [-0.1, -0.05) is 24.6 Å². The Labute approximate surface area is 120 Å². The maximum absolute atomic E-state index is 13.0. The molecule has 0 radical (unpaired) electrons. The van der Waals surface area contributed by atoms with Crippen LogP contribution >= 0.6 is 12.4 Å². The van der Waals surface area contributed by atoms with Crippen molar-refractivity contribution in [3.05, 3.63) is 29.8 Å². The molecule has 20 heavy (non-hydrogen) atoms. The summed E-state index contributed by atoms with van der Waals surface area (Å²) in [6.07, 6.45) is -5.55. The van der Waals surface area contributed by atoms with E-state index in [1.165, 1.54) is 12.1 Å². The second-order valence-corrected chi connectivity index (χ2v) is 4.50. The lowest BCUT2D eigenvalue weighted by atomic mass is 9.97. The van der Waals surface area contributed by atoms with Gasteiger partial charge in [-0.05, 0) is 25.5 Å². The zero-order valence-electron chi connectivity index (χ0n) is 10.6. The third-order valence-electron chi connectivity index (χ3n) is 3.10. The number of piperidine rings is 1. The van der Waals surface area contributed by atoms with Gasteiger partial charge in [0.05, 0.1) is 0 Å². The van der Waals surface area contributed by atoms with Gasteiger partial charge in [-0.3, -0.25) is 0 Å². The molecule has 1 aliphatic rings. The van der Waals surface area contributed by atoms with Crippen LogP contribution in [0.5, 0.6) is 5.75 Å². The Morgan fingerprint density at radius 3 is 2.50 bits per heavy atom. The molecule has 1 aromatic rings. The lowest BCUT2D eigenvalue weighted by molar-refractivity contribution is -0.253. The number of halogens is 5. The lowest BCUT2D eigenvalue weighted by Gasteiger charge is -2.27. The lowest BCUT2D eigenvalue weighted by Crippen LogP contribution is -2.34. The van der Waals surface area contributed by atoms with Crippen LogP contribution in [0.3, 0.4) is 0 Å². The normalized spacial score (nSPS) is 19.6. The summed E-state index contributed by atoms with van der Waals surface area (Å²) >= 11 is 0. The minimum atomic E-state index is -4.47. The number of para-hydroxylation sites is 1. The van der Waals surface area contributed by atoms with Gasteiger partial charge in [-0.15, -0.1) is 12.4 Å². The summed E-state index contributed by atoms with van der Waals surface area (Å²) in [4.78, 5) is 0. The summed E-state index contributed by atoms with van der Waals surface area (Å²) in [5, 5.41) is 3.18. The van der Waals surface area contributed by atoms with Crippen molar-refractivity contribution in [3.8, 4) is 5.75 Å². The highest BCUT2D eigenvalue weighted by Crippen LogP contribution is 2.34. The van der Waals surface area contributed by atoms with Crippen LogP contribution in [0.4, 0.5) is 17.6 Å². The molecule has 1 aliphatic heterocycles. The minimum Gasteiger partial charge on any atom is -0.428 e. The molecule has 0 spiro atoms. The molecular formula is C13H16ClF4NO. The van der Waals surface area contributed by atoms with Gasteiger partial charge < -0.3 is 10.1 Å². The monoisotopic (exact) mass is 313 g/mol. The van der Waals surface area contributed by atoms with E-state index in [4.69, 9.17) is 0 Å². The van der Waals surface area contributed by atoms with Crippen LogP contribution in [0, 0.1) is 0 Å². The van der Waals surface area contributed by atoms with Gasteiger partial charge in [0.1, 0.15) is 5.75 Å². The topological polar surface area (TPSA) is 21.3 Å². The molecule has 114 valence electrons. The predicted molar refractivity (Wildman–Crippen MR) is 69.9 cm³/mol. The highest BCUT2D eigenvalue weighted by Gasteiger charge is 2.44. The van der Waals surface area contributed by atoms with Crippen LogP contribution in [-0.4, -0.2) is 19.1 Å². The van der Waals surface area contributed by atoms with E-state index in [2.05, 4.69) is 10.1 Å². The maximum atomic E-state index is 13.0. The van der Waals surface area contributed by atoms with Gasteiger partial charge >= 0.3 is 12.5 Å². The molecule has 1 fully saturated rings. The molecule has 1 heterocycles. The van der Waals surface area contributed by atoms with Crippen molar-refractivity contribution < 1.29 is 22.3 Å². The van der Waals surface area contributed by atoms with Gasteiger partial charge in [0, 0.05) is 11.6 Å². The number of nitrogens with one attached hydrogen (secondary N) is 1. The molecule has 0 aliphatic carbocycles. The van der Waals surface area contributed by atoms with E-state index in [9.17, 15) is 17.6 Å². The second-order valence-electron chi connectivity index (χ2n) is 4.50. The standard InChI is InChI=1S/C13H15F4NO.ClH/c14-12(15)13(16,17)19-11-7-2-1-5-9(11)10-6-3-4-8-18-10;/h1-2,5,7,10,12,18H,3-4,6,8H2;1H/t10-;/m1./s1. The molecule has 0 unspecified atom stereocenters. The molecule has 0 aromatic heterocycles. The van der Waals surface area contributed by atoms with Crippen molar-refractivity contribution in [1.82, 2.24) is 5.32 Å². The predicted octanol–water partition coefficient (Wildman–Crippen LogP) is 4.16. The fourth-order valence-corrected chi connectivity index (χ4v) is 2.17. The fourth-order valence-electron chi connectivity index (χ4n) is 2.17. The van der Waals surface area contributed by atoms with Crippen molar-refractivity contribution in [2.75, 3.05) is 6.54 Å². The number of benzene rings is 1. The van der Waals surface area contributed by atoms with E-state index < -0.39 is 12.5 Å². The Bertz CT molecular complexity index is 425. The Kier molecular flexibility index (Phi) is 6.07. The first-order chi connectivity index (χ1) is 9.00. The van der Waals surface area contributed by atoms with Crippen molar-refractivity contribution in [1.29, 1.82) is 0 Å². The number of hydrogen-bond acceptors (Lipinski definition) is 2. The summed E-state index contributed by atoms with van der Waals surface area (Å²) in [5.41, 5.74) is 0.502. The van der Waals surface area contributed by atoms with Gasteiger partial charge in [-0.2, -0.15) is 17.6 Å². The average molecular weight is 314 g/mol. The van der Waals surface area contributed by atoms with Crippen LogP contribution in [0.15, 0.2) is 24.3 Å². The first-order valence-corrected chi connectivity index (χ1v) is 6.18. The van der Waals surface area contributed by atoms with E-state index in [-0.39, 0.29) is 24.2 Å². The van der Waals surface area contributed by atoms with Crippen LogP contribution in [0.2, 0.25) is 0 Å². The molecule has 0 saturated carbocycles. The number of hydrogen-bond donors (Lipinski definition) is 1. The van der Waals surface area contributed by atoms with E-state index >= 15 is 0 Å². The van der Waals surface area contributed by atoms with Gasteiger partial charge in [0.2, 0.25) is 0 Å². The maximum Gasteiger partial charge on any atom is 0.461 e. The summed E-state index contributed by atoms with van der Waals surface area (Å²) in [5.74, 6) is -0.188. The average Bonchev–Trinajstić information content (AvgIpc) is 2.40. The first-order valence-electron chi connectivity index (χ1n) is 6.18. The molecule has 2 rings (SSSR count). The van der Waals surface area contributed by atoms with Gasteiger partial charge in [0.15, 0.2) is 0 Å². The van der Waals surface area contributed by atoms with Crippen LogP contribution in [0.1, 0.15) is 30.9 Å². The Hall–Kier alpha value is -1.01. The molecular weight excluding hydrogens is 298 g/mol. The van der Waals surface area contributed by atoms with Crippen LogP contribution < -0.4 is 10.1 Å². The van der Waals surface area contributed by atoms with Gasteiger partial charge in [-0.25, -0.2) is 0 Å². The first kappa shape index (κ1) is 17.0. The summed E-state index contributed by atoms with van der Waals surface area (Å²) < 4.78 is 54.6. The van der Waals surface area contributed by atoms with Crippen molar-refractivity contribution in [2.24, 2.45) is 0 Å². The third kappa shape index (κ3) is 3.99. The van der Waals surface area contributed by atoms with E-state index in [0.29, 0.717) is 5.56 Å². The quantitative estimate of drug-likeness (QED) is 0.843. The van der Waals surface area contributed by atoms with Crippen molar-refractivity contribution in [3.63, 3.8) is 0 Å². The molecule has 1 saturated heterocycles. The second kappa shape index (κ2) is 7.13. The zero-order valence-corrected chi connectivity index (χ0v) is 11.4. The van der Waals surface area contributed by atoms with E-state index in [1.807, 2.05) is 0 Å². The zero-order chi connectivity index (χ0) is 13.9. The number of ether oxygens (including phenoxy) is 1. The molecule has 1 aromatic carbocycles. The summed E-state index contributed by atoms with van der Waals surface area (Å²) in [6, 6.07) is 5.96. The molecule has 1 atom stereocenters. The van der Waals surface area contributed by atoms with Crippen molar-refractivity contribution >= 4 is 12.4 Å². The van der Waals surface area contributed by atoms with E-state index in [1.54, 1.807) is 12.1 Å². The Morgan fingerprint density at radius 2 is 1.90 bits per heavy atom. The fraction of sp³-hybridized carbons (Fsp3) is 0.538. The smallest absolute Gasteiger partial charge is 0.428 e. The summed E-state index contributed by atoms with van der Waals surface area (Å²) in [7, 11) is 0. The number of alkyl halides is 4. The Balaban J connectivity index is 0.00000200. The van der Waals surface area contributed by atoms with Crippen LogP contribution in [-0.2, 0) is 0 Å². The molecule has 7 heteroatoms. The Morgan fingerprint density at radius 1 is 1.20 bits per heavy atom. The molecule has 2 nitrogen and oxygen atoms in total.